The van der Waals surface area contributed by atoms with Crippen LogP contribution in [0.25, 0.3) is 0 Å². The first kappa shape index (κ1) is 20.7. The lowest BCUT2D eigenvalue weighted by Crippen LogP contribution is -2.35. The number of hydrogen-bond acceptors (Lipinski definition) is 5. The van der Waals surface area contributed by atoms with E-state index >= 15 is 0 Å². The molecular weight excluding hydrogens is 383 g/mol. The molecule has 2 amide bonds. The second-order valence-electron chi connectivity index (χ2n) is 5.55. The number of rotatable bonds is 6. The molecule has 1 aromatic heterocycles. The summed E-state index contributed by atoms with van der Waals surface area (Å²) in [4.78, 5) is 29.5. The van der Waals surface area contributed by atoms with E-state index < -0.39 is 23.7 Å². The van der Waals surface area contributed by atoms with E-state index in [0.717, 1.165) is 12.1 Å². The molecule has 0 fully saturated rings. The molecule has 27 heavy (non-hydrogen) atoms. The molecular formula is C17H18F3N3O3S. The highest BCUT2D eigenvalue weighted by Crippen LogP contribution is 2.30. The third-order valence-electron chi connectivity index (χ3n) is 3.49. The van der Waals surface area contributed by atoms with Crippen LogP contribution in [0.2, 0.25) is 0 Å². The topological polar surface area (TPSA) is 71.5 Å². The molecule has 0 spiro atoms. The lowest BCUT2D eigenvalue weighted by atomic mass is 10.2. The number of benzene rings is 1. The number of alkyl halides is 3. The van der Waals surface area contributed by atoms with E-state index in [1.54, 1.807) is 0 Å². The molecule has 0 bridgehead atoms. The highest BCUT2D eigenvalue weighted by atomic mass is 32.1. The first-order valence-electron chi connectivity index (χ1n) is 8.00. The number of ether oxygens (including phenoxy) is 1. The van der Waals surface area contributed by atoms with E-state index in [1.807, 2.05) is 6.92 Å². The Bertz CT molecular complexity index is 808. The smallest absolute Gasteiger partial charge is 0.416 e. The van der Waals surface area contributed by atoms with E-state index in [-0.39, 0.29) is 17.9 Å². The van der Waals surface area contributed by atoms with Gasteiger partial charge >= 0.3 is 18.2 Å². The zero-order valence-electron chi connectivity index (χ0n) is 14.7. The predicted octanol–water partition coefficient (Wildman–Crippen LogP) is 4.39. The van der Waals surface area contributed by atoms with E-state index in [9.17, 15) is 22.8 Å². The van der Waals surface area contributed by atoms with Gasteiger partial charge < -0.3 is 15.0 Å². The number of halogens is 3. The summed E-state index contributed by atoms with van der Waals surface area (Å²) in [6, 6.07) is 3.87. The summed E-state index contributed by atoms with van der Waals surface area (Å²) in [6.45, 7) is 2.37. The third kappa shape index (κ3) is 5.68. The Labute approximate surface area is 158 Å². The standard InChI is InChI=1S/C17H18F3N3O3S/c1-3-7-23(9-14-22-13(10-27-14)15(24)26-2)16(25)21-12-6-4-5-11(8-12)17(18,19)20/h4-6,8,10H,3,7,9H2,1-2H3,(H,21,25). The Morgan fingerprint density at radius 1 is 1.33 bits per heavy atom. The van der Waals surface area contributed by atoms with E-state index in [0.29, 0.717) is 18.0 Å². The van der Waals surface area contributed by atoms with Gasteiger partial charge in [-0.2, -0.15) is 13.2 Å². The molecule has 0 unspecified atom stereocenters. The van der Waals surface area contributed by atoms with Gasteiger partial charge in [-0.05, 0) is 24.6 Å². The van der Waals surface area contributed by atoms with Crippen molar-refractivity contribution in [3.63, 3.8) is 0 Å². The number of carbonyl (C=O) groups excluding carboxylic acids is 2. The Kier molecular flexibility index (Phi) is 6.78. The van der Waals surface area contributed by atoms with Gasteiger partial charge in [0.25, 0.3) is 0 Å². The minimum Gasteiger partial charge on any atom is -0.464 e. The molecule has 6 nitrogen and oxygen atoms in total. The van der Waals surface area contributed by atoms with Crippen molar-refractivity contribution < 1.29 is 27.5 Å². The van der Waals surface area contributed by atoms with Crippen molar-refractivity contribution in [1.29, 1.82) is 0 Å². The summed E-state index contributed by atoms with van der Waals surface area (Å²) in [5.41, 5.74) is -0.650. The van der Waals surface area contributed by atoms with E-state index in [1.165, 1.54) is 40.9 Å². The Morgan fingerprint density at radius 2 is 2.07 bits per heavy atom. The van der Waals surface area contributed by atoms with Crippen molar-refractivity contribution in [2.24, 2.45) is 0 Å². The first-order valence-corrected chi connectivity index (χ1v) is 8.88. The zero-order chi connectivity index (χ0) is 20.0. The quantitative estimate of drug-likeness (QED) is 0.729. The second-order valence-corrected chi connectivity index (χ2v) is 6.49. The zero-order valence-corrected chi connectivity index (χ0v) is 15.5. The molecule has 10 heteroatoms. The molecule has 146 valence electrons. The fraction of sp³-hybridized carbons (Fsp3) is 0.353. The van der Waals surface area contributed by atoms with Gasteiger partial charge in [0.05, 0.1) is 19.2 Å². The number of carbonyl (C=O) groups is 2. The van der Waals surface area contributed by atoms with Crippen molar-refractivity contribution in [2.45, 2.75) is 26.1 Å². The molecule has 1 heterocycles. The van der Waals surface area contributed by atoms with Gasteiger partial charge in [0.1, 0.15) is 5.01 Å². The second kappa shape index (κ2) is 8.85. The maximum absolute atomic E-state index is 12.8. The number of esters is 1. The number of nitrogens with one attached hydrogen (secondary N) is 1. The van der Waals surface area contributed by atoms with Crippen LogP contribution in [0, 0.1) is 0 Å². The van der Waals surface area contributed by atoms with Crippen LogP contribution >= 0.6 is 11.3 Å². The van der Waals surface area contributed by atoms with Crippen LogP contribution in [0.5, 0.6) is 0 Å². The Balaban J connectivity index is 2.11. The van der Waals surface area contributed by atoms with Crippen LogP contribution in [-0.2, 0) is 17.5 Å². The maximum atomic E-state index is 12.8. The highest BCUT2D eigenvalue weighted by Gasteiger charge is 2.30. The minimum atomic E-state index is -4.49. The van der Waals surface area contributed by atoms with Gasteiger partial charge in [0.2, 0.25) is 0 Å². The summed E-state index contributed by atoms with van der Waals surface area (Å²) in [5.74, 6) is -0.576. The molecule has 0 aliphatic heterocycles. The van der Waals surface area contributed by atoms with Crippen LogP contribution < -0.4 is 5.32 Å². The molecule has 0 saturated heterocycles. The molecule has 0 radical (unpaired) electrons. The van der Waals surface area contributed by atoms with Crippen LogP contribution in [0.1, 0.15) is 34.4 Å². The van der Waals surface area contributed by atoms with Crippen molar-refractivity contribution in [2.75, 3.05) is 19.0 Å². The molecule has 2 rings (SSSR count). The molecule has 1 aromatic carbocycles. The molecule has 2 aromatic rings. The SMILES string of the molecule is CCCN(Cc1nc(C(=O)OC)cs1)C(=O)Nc1cccc(C(F)(F)F)c1. The Hall–Kier alpha value is -2.62. The average molecular weight is 401 g/mol. The van der Waals surface area contributed by atoms with Crippen molar-refractivity contribution in [1.82, 2.24) is 9.88 Å². The minimum absolute atomic E-state index is 0.0466. The van der Waals surface area contributed by atoms with Gasteiger partial charge in [-0.15, -0.1) is 11.3 Å². The summed E-state index contributed by atoms with van der Waals surface area (Å²) in [5, 5.41) is 4.51. The Morgan fingerprint density at radius 3 is 2.70 bits per heavy atom. The number of methoxy groups -OCH3 is 1. The predicted molar refractivity (Wildman–Crippen MR) is 94.6 cm³/mol. The normalized spacial score (nSPS) is 11.1. The van der Waals surface area contributed by atoms with Gasteiger partial charge in [0.15, 0.2) is 5.69 Å². The lowest BCUT2D eigenvalue weighted by molar-refractivity contribution is -0.137. The summed E-state index contributed by atoms with van der Waals surface area (Å²) in [7, 11) is 1.24. The number of nitrogens with zero attached hydrogens (tertiary/aromatic N) is 2. The fourth-order valence-electron chi connectivity index (χ4n) is 2.24. The fourth-order valence-corrected chi connectivity index (χ4v) is 3.02. The van der Waals surface area contributed by atoms with E-state index in [4.69, 9.17) is 0 Å². The monoisotopic (exact) mass is 401 g/mol. The third-order valence-corrected chi connectivity index (χ3v) is 4.33. The number of amides is 2. The molecule has 0 atom stereocenters. The van der Waals surface area contributed by atoms with Gasteiger partial charge in [0, 0.05) is 17.6 Å². The van der Waals surface area contributed by atoms with Crippen LogP contribution in [0.15, 0.2) is 29.6 Å². The van der Waals surface area contributed by atoms with Crippen molar-refractivity contribution >= 4 is 29.0 Å². The number of thiazole rings is 1. The molecule has 0 aliphatic carbocycles. The first-order chi connectivity index (χ1) is 12.7. The van der Waals surface area contributed by atoms with Gasteiger partial charge in [-0.25, -0.2) is 14.6 Å². The van der Waals surface area contributed by atoms with Gasteiger partial charge in [-0.3, -0.25) is 0 Å². The summed E-state index contributed by atoms with van der Waals surface area (Å²) >= 11 is 1.19. The van der Waals surface area contributed by atoms with Crippen LogP contribution in [0.3, 0.4) is 0 Å². The van der Waals surface area contributed by atoms with E-state index in [2.05, 4.69) is 15.0 Å². The van der Waals surface area contributed by atoms with Crippen LogP contribution in [-0.4, -0.2) is 35.5 Å². The highest BCUT2D eigenvalue weighted by molar-refractivity contribution is 7.09. The maximum Gasteiger partial charge on any atom is 0.416 e. The van der Waals surface area contributed by atoms with Crippen molar-refractivity contribution in [3.8, 4) is 0 Å². The number of urea groups is 1. The number of anilines is 1. The number of aromatic nitrogens is 1. The molecule has 0 saturated carbocycles. The van der Waals surface area contributed by atoms with Crippen LogP contribution in [0.4, 0.5) is 23.7 Å². The largest absolute Gasteiger partial charge is 0.464 e. The molecule has 1 N–H and O–H groups in total. The molecule has 0 aliphatic rings. The van der Waals surface area contributed by atoms with Gasteiger partial charge in [-0.1, -0.05) is 13.0 Å². The number of hydrogen-bond donors (Lipinski definition) is 1. The lowest BCUT2D eigenvalue weighted by Gasteiger charge is -2.21. The van der Waals surface area contributed by atoms with Crippen molar-refractivity contribution in [3.05, 3.63) is 45.9 Å². The summed E-state index contributed by atoms with van der Waals surface area (Å²) < 4.78 is 43.0. The average Bonchev–Trinajstić information content (AvgIpc) is 3.09. The summed E-state index contributed by atoms with van der Waals surface area (Å²) in [6.07, 6.45) is -3.85.